The van der Waals surface area contributed by atoms with Crippen molar-refractivity contribution in [2.45, 2.75) is 39.2 Å². The lowest BCUT2D eigenvalue weighted by Crippen LogP contribution is -2.33. The van der Waals surface area contributed by atoms with Crippen LogP contribution in [0.2, 0.25) is 0 Å². The molecule has 6 heteroatoms. The highest BCUT2D eigenvalue weighted by atomic mass is 16.1. The summed E-state index contributed by atoms with van der Waals surface area (Å²) in [6.07, 6.45) is 2.68. The maximum Gasteiger partial charge on any atom is 0.224 e. The van der Waals surface area contributed by atoms with Crippen molar-refractivity contribution in [2.24, 2.45) is 12.8 Å². The molecule has 2 rings (SSSR count). The predicted molar refractivity (Wildman–Crippen MR) is 79.4 cm³/mol. The number of nitrogens with one attached hydrogen (secondary N) is 1. The van der Waals surface area contributed by atoms with Gasteiger partial charge in [-0.2, -0.15) is 5.10 Å². The van der Waals surface area contributed by atoms with Gasteiger partial charge in [-0.3, -0.25) is 9.48 Å². The van der Waals surface area contributed by atoms with Crippen LogP contribution < -0.4 is 11.1 Å². The molecule has 0 unspecified atom stereocenters. The van der Waals surface area contributed by atoms with Crippen LogP contribution in [0.1, 0.15) is 32.4 Å². The SMILES string of the molecule is Cc1nn(C)c2ncc(NC(=O)CCC(C)(C)N)cc12. The van der Waals surface area contributed by atoms with E-state index in [0.29, 0.717) is 18.5 Å². The normalized spacial score (nSPS) is 11.8. The number of nitrogens with two attached hydrogens (primary N) is 1. The molecular weight excluding hydrogens is 254 g/mol. The molecule has 3 N–H and O–H groups in total. The van der Waals surface area contributed by atoms with Crippen molar-refractivity contribution < 1.29 is 4.79 Å². The lowest BCUT2D eigenvalue weighted by molar-refractivity contribution is -0.116. The lowest BCUT2D eigenvalue weighted by Gasteiger charge is -2.17. The number of carbonyl (C=O) groups excluding carboxylic acids is 1. The van der Waals surface area contributed by atoms with E-state index >= 15 is 0 Å². The van der Waals surface area contributed by atoms with Gasteiger partial charge in [-0.15, -0.1) is 0 Å². The number of nitrogens with zero attached hydrogens (tertiary/aromatic N) is 3. The highest BCUT2D eigenvalue weighted by Crippen LogP contribution is 2.19. The van der Waals surface area contributed by atoms with Gasteiger partial charge in [0.25, 0.3) is 0 Å². The van der Waals surface area contributed by atoms with Gasteiger partial charge in [0.05, 0.1) is 17.6 Å². The summed E-state index contributed by atoms with van der Waals surface area (Å²) in [4.78, 5) is 16.2. The Bertz CT molecular complexity index is 639. The van der Waals surface area contributed by atoms with Crippen LogP contribution in [0.3, 0.4) is 0 Å². The second-order valence-corrected chi connectivity index (χ2v) is 5.84. The molecule has 2 aromatic rings. The van der Waals surface area contributed by atoms with Gasteiger partial charge < -0.3 is 11.1 Å². The Kier molecular flexibility index (Phi) is 3.76. The minimum absolute atomic E-state index is 0.0498. The van der Waals surface area contributed by atoms with Gasteiger partial charge >= 0.3 is 0 Å². The quantitative estimate of drug-likeness (QED) is 0.889. The summed E-state index contributed by atoms with van der Waals surface area (Å²) in [5, 5.41) is 8.10. The summed E-state index contributed by atoms with van der Waals surface area (Å²) in [5.41, 5.74) is 7.93. The van der Waals surface area contributed by atoms with Gasteiger partial charge in [0.2, 0.25) is 5.91 Å². The van der Waals surface area contributed by atoms with Crippen molar-refractivity contribution >= 4 is 22.6 Å². The minimum Gasteiger partial charge on any atom is -0.326 e. The lowest BCUT2D eigenvalue weighted by atomic mass is 10.00. The molecule has 0 bridgehead atoms. The Hall–Kier alpha value is -1.95. The van der Waals surface area contributed by atoms with Crippen molar-refractivity contribution in [2.75, 3.05) is 5.32 Å². The topological polar surface area (TPSA) is 85.8 Å². The average Bonchev–Trinajstić information content (AvgIpc) is 2.62. The van der Waals surface area contributed by atoms with Crippen molar-refractivity contribution in [1.82, 2.24) is 14.8 Å². The molecule has 0 aromatic carbocycles. The van der Waals surface area contributed by atoms with E-state index in [-0.39, 0.29) is 11.4 Å². The van der Waals surface area contributed by atoms with Crippen molar-refractivity contribution in [3.05, 3.63) is 18.0 Å². The van der Waals surface area contributed by atoms with Crippen LogP contribution in [0.4, 0.5) is 5.69 Å². The first-order chi connectivity index (χ1) is 9.26. The second kappa shape index (κ2) is 5.20. The number of carbonyl (C=O) groups is 1. The monoisotopic (exact) mass is 275 g/mol. The molecule has 108 valence electrons. The van der Waals surface area contributed by atoms with Gasteiger partial charge in [0, 0.05) is 24.4 Å². The average molecular weight is 275 g/mol. The van der Waals surface area contributed by atoms with E-state index in [4.69, 9.17) is 5.73 Å². The first kappa shape index (κ1) is 14.5. The molecule has 1 amide bonds. The van der Waals surface area contributed by atoms with E-state index < -0.39 is 0 Å². The second-order valence-electron chi connectivity index (χ2n) is 5.84. The molecular formula is C14H21N5O. The first-order valence-corrected chi connectivity index (χ1v) is 6.64. The zero-order chi connectivity index (χ0) is 14.9. The highest BCUT2D eigenvalue weighted by Gasteiger charge is 2.14. The van der Waals surface area contributed by atoms with E-state index in [1.807, 2.05) is 33.9 Å². The van der Waals surface area contributed by atoms with E-state index in [2.05, 4.69) is 15.4 Å². The Balaban J connectivity index is 2.10. The number of aromatic nitrogens is 3. The third-order valence-electron chi connectivity index (χ3n) is 3.14. The molecule has 0 saturated carbocycles. The maximum absolute atomic E-state index is 11.9. The van der Waals surface area contributed by atoms with Crippen molar-refractivity contribution in [3.8, 4) is 0 Å². The molecule has 0 aliphatic rings. The molecule has 0 radical (unpaired) electrons. The molecule has 2 aromatic heterocycles. The standard InChI is InChI=1S/C14H21N5O/c1-9-11-7-10(8-16-13(11)19(4)18-9)17-12(20)5-6-14(2,3)15/h7-8H,5-6,15H2,1-4H3,(H,17,20). The molecule has 6 nitrogen and oxygen atoms in total. The zero-order valence-corrected chi connectivity index (χ0v) is 12.4. The maximum atomic E-state index is 11.9. The first-order valence-electron chi connectivity index (χ1n) is 6.64. The Morgan fingerprint density at radius 2 is 2.20 bits per heavy atom. The third kappa shape index (κ3) is 3.33. The van der Waals surface area contributed by atoms with Crippen LogP contribution in [0, 0.1) is 6.92 Å². The number of fused-ring (bicyclic) bond motifs is 1. The van der Waals surface area contributed by atoms with E-state index in [9.17, 15) is 4.79 Å². The van der Waals surface area contributed by atoms with Crippen LogP contribution in [-0.2, 0) is 11.8 Å². The van der Waals surface area contributed by atoms with Gasteiger partial charge in [0.1, 0.15) is 0 Å². The van der Waals surface area contributed by atoms with Crippen LogP contribution in [0.25, 0.3) is 11.0 Å². The van der Waals surface area contributed by atoms with E-state index in [1.54, 1.807) is 10.9 Å². The summed E-state index contributed by atoms with van der Waals surface area (Å²) in [5.74, 6) is -0.0498. The smallest absolute Gasteiger partial charge is 0.224 e. The summed E-state index contributed by atoms with van der Waals surface area (Å²) >= 11 is 0. The van der Waals surface area contributed by atoms with Crippen LogP contribution in [0.5, 0.6) is 0 Å². The van der Waals surface area contributed by atoms with Crippen LogP contribution in [-0.4, -0.2) is 26.2 Å². The molecule has 0 saturated heterocycles. The fourth-order valence-electron chi connectivity index (χ4n) is 2.04. The fourth-order valence-corrected chi connectivity index (χ4v) is 2.04. The zero-order valence-electron chi connectivity index (χ0n) is 12.4. The Morgan fingerprint density at radius 1 is 1.50 bits per heavy atom. The summed E-state index contributed by atoms with van der Waals surface area (Å²) < 4.78 is 1.73. The highest BCUT2D eigenvalue weighted by molar-refractivity contribution is 5.93. The van der Waals surface area contributed by atoms with Gasteiger partial charge in [-0.05, 0) is 33.3 Å². The van der Waals surface area contributed by atoms with Crippen LogP contribution in [0.15, 0.2) is 12.3 Å². The fraction of sp³-hybridized carbons (Fsp3) is 0.500. The number of pyridine rings is 1. The molecule has 0 aliphatic carbocycles. The molecule has 20 heavy (non-hydrogen) atoms. The summed E-state index contributed by atoms with van der Waals surface area (Å²) in [6, 6.07) is 1.90. The minimum atomic E-state index is -0.334. The van der Waals surface area contributed by atoms with Crippen LogP contribution >= 0.6 is 0 Å². The number of rotatable bonds is 4. The molecule has 2 heterocycles. The summed E-state index contributed by atoms with van der Waals surface area (Å²) in [6.45, 7) is 5.74. The predicted octanol–water partition coefficient (Wildman–Crippen LogP) is 1.73. The van der Waals surface area contributed by atoms with E-state index in [1.165, 1.54) is 0 Å². The molecule has 0 atom stereocenters. The van der Waals surface area contributed by atoms with Gasteiger partial charge in [0.15, 0.2) is 5.65 Å². The Labute approximate surface area is 118 Å². The summed E-state index contributed by atoms with van der Waals surface area (Å²) in [7, 11) is 1.85. The number of anilines is 1. The molecule has 0 aliphatic heterocycles. The number of aryl methyl sites for hydroxylation is 2. The number of hydrogen-bond donors (Lipinski definition) is 2. The number of hydrogen-bond acceptors (Lipinski definition) is 4. The molecule has 0 spiro atoms. The molecule has 0 fully saturated rings. The van der Waals surface area contributed by atoms with Gasteiger partial charge in [-0.25, -0.2) is 4.98 Å². The van der Waals surface area contributed by atoms with Crippen molar-refractivity contribution in [1.29, 1.82) is 0 Å². The number of amides is 1. The van der Waals surface area contributed by atoms with E-state index in [0.717, 1.165) is 16.7 Å². The largest absolute Gasteiger partial charge is 0.326 e. The van der Waals surface area contributed by atoms with Crippen molar-refractivity contribution in [3.63, 3.8) is 0 Å². The third-order valence-corrected chi connectivity index (χ3v) is 3.14. The Morgan fingerprint density at radius 3 is 2.85 bits per heavy atom. The van der Waals surface area contributed by atoms with Gasteiger partial charge in [-0.1, -0.05) is 0 Å².